The zero-order valence-corrected chi connectivity index (χ0v) is 5.64. The molecule has 10 heavy (non-hydrogen) atoms. The minimum atomic E-state index is 0.578. The highest BCUT2D eigenvalue weighted by atomic mass is 15.3. The van der Waals surface area contributed by atoms with Gasteiger partial charge in [0.2, 0.25) is 0 Å². The third kappa shape index (κ3) is 1.99. The Hall–Kier alpha value is -1.16. The maximum Gasteiger partial charge on any atom is 0.137 e. The molecule has 4 heteroatoms. The fourth-order valence-corrected chi connectivity index (χ4v) is 0.606. The number of hydrogen-bond acceptors (Lipinski definition) is 3. The van der Waals surface area contributed by atoms with Gasteiger partial charge >= 0.3 is 0 Å². The van der Waals surface area contributed by atoms with Gasteiger partial charge in [0, 0.05) is 6.54 Å². The van der Waals surface area contributed by atoms with Crippen LogP contribution in [0.15, 0.2) is 24.8 Å². The molecule has 0 radical (unpaired) electrons. The van der Waals surface area contributed by atoms with Gasteiger partial charge in [0.25, 0.3) is 0 Å². The maximum absolute atomic E-state index is 5.24. The van der Waals surface area contributed by atoms with Gasteiger partial charge < -0.3 is 5.73 Å². The van der Waals surface area contributed by atoms with Crippen LogP contribution in [0.1, 0.15) is 0 Å². The lowest BCUT2D eigenvalue weighted by molar-refractivity contribution is 0.699. The number of rotatable bonds is 3. The lowest BCUT2D eigenvalue weighted by Crippen LogP contribution is -1.97. The fraction of sp³-hybridized carbons (Fsp3) is 0.333. The molecule has 0 saturated heterocycles. The molecule has 0 aliphatic rings. The summed E-state index contributed by atoms with van der Waals surface area (Å²) in [5.41, 5.74) is 5.24. The monoisotopic (exact) mass is 138 g/mol. The van der Waals surface area contributed by atoms with Crippen LogP contribution in [-0.2, 0) is 6.54 Å². The molecule has 1 aromatic heterocycles. The number of hydrogen-bond donors (Lipinski definition) is 1. The molecule has 2 N–H and O–H groups in total. The van der Waals surface area contributed by atoms with E-state index in [1.165, 1.54) is 6.33 Å². The van der Waals surface area contributed by atoms with E-state index in [0.717, 1.165) is 6.54 Å². The van der Waals surface area contributed by atoms with Gasteiger partial charge in [-0.05, 0) is 0 Å². The third-order valence-electron chi connectivity index (χ3n) is 1.06. The molecule has 0 amide bonds. The Morgan fingerprint density at radius 2 is 2.40 bits per heavy atom. The van der Waals surface area contributed by atoms with Crippen molar-refractivity contribution in [3.05, 3.63) is 24.8 Å². The van der Waals surface area contributed by atoms with E-state index in [9.17, 15) is 0 Å². The zero-order chi connectivity index (χ0) is 7.23. The summed E-state index contributed by atoms with van der Waals surface area (Å²) < 4.78 is 1.73. The Morgan fingerprint density at radius 1 is 1.50 bits per heavy atom. The van der Waals surface area contributed by atoms with Crippen LogP contribution in [0.2, 0.25) is 0 Å². The van der Waals surface area contributed by atoms with Gasteiger partial charge in [-0.3, -0.25) is 0 Å². The van der Waals surface area contributed by atoms with Crippen LogP contribution < -0.4 is 5.73 Å². The van der Waals surface area contributed by atoms with Gasteiger partial charge in [-0.25, -0.2) is 9.67 Å². The van der Waals surface area contributed by atoms with E-state index >= 15 is 0 Å². The average Bonchev–Trinajstić information content (AvgIpc) is 2.41. The molecule has 0 bridgehead atoms. The largest absolute Gasteiger partial charge is 0.327 e. The first kappa shape index (κ1) is 6.95. The lowest BCUT2D eigenvalue weighted by atomic mass is 10.5. The predicted octanol–water partition coefficient (Wildman–Crippen LogP) is -0.207. The molecule has 54 valence electrons. The summed E-state index contributed by atoms with van der Waals surface area (Å²) in [4.78, 5) is 3.79. The van der Waals surface area contributed by atoms with Crippen LogP contribution in [0.3, 0.4) is 0 Å². The zero-order valence-electron chi connectivity index (χ0n) is 5.64. The van der Waals surface area contributed by atoms with Crippen molar-refractivity contribution in [2.24, 2.45) is 5.73 Å². The molecule has 0 aromatic carbocycles. The highest BCUT2D eigenvalue weighted by molar-refractivity contribution is 4.82. The SMILES string of the molecule is NCC=CCn1cncn1. The Bertz CT molecular complexity index is 190. The van der Waals surface area contributed by atoms with Crippen molar-refractivity contribution in [2.75, 3.05) is 6.54 Å². The van der Waals surface area contributed by atoms with Crippen LogP contribution in [0.4, 0.5) is 0 Å². The van der Waals surface area contributed by atoms with Gasteiger partial charge in [-0.15, -0.1) is 0 Å². The number of nitrogens with two attached hydrogens (primary N) is 1. The van der Waals surface area contributed by atoms with Crippen LogP contribution in [0.5, 0.6) is 0 Å². The molecule has 0 aliphatic carbocycles. The van der Waals surface area contributed by atoms with Gasteiger partial charge in [-0.2, -0.15) is 5.10 Å². The smallest absolute Gasteiger partial charge is 0.137 e. The fourth-order valence-electron chi connectivity index (χ4n) is 0.606. The minimum absolute atomic E-state index is 0.578. The van der Waals surface area contributed by atoms with Gasteiger partial charge in [0.15, 0.2) is 0 Å². The molecule has 1 rings (SSSR count). The highest BCUT2D eigenvalue weighted by Crippen LogP contribution is 1.80. The number of aromatic nitrogens is 3. The van der Waals surface area contributed by atoms with Crippen molar-refractivity contribution in [1.29, 1.82) is 0 Å². The highest BCUT2D eigenvalue weighted by Gasteiger charge is 1.82. The molecule has 0 aliphatic heterocycles. The molecule has 4 nitrogen and oxygen atoms in total. The van der Waals surface area contributed by atoms with E-state index in [0.29, 0.717) is 6.54 Å². The van der Waals surface area contributed by atoms with Crippen molar-refractivity contribution in [2.45, 2.75) is 6.54 Å². The van der Waals surface area contributed by atoms with Crippen LogP contribution in [-0.4, -0.2) is 21.3 Å². The van der Waals surface area contributed by atoms with Crippen LogP contribution >= 0.6 is 0 Å². The van der Waals surface area contributed by atoms with E-state index in [1.807, 2.05) is 12.2 Å². The first-order chi connectivity index (χ1) is 4.93. The summed E-state index contributed by atoms with van der Waals surface area (Å²) in [5.74, 6) is 0. The third-order valence-corrected chi connectivity index (χ3v) is 1.06. The first-order valence-corrected chi connectivity index (χ1v) is 3.11. The molecular weight excluding hydrogens is 128 g/mol. The van der Waals surface area contributed by atoms with Crippen molar-refractivity contribution in [3.63, 3.8) is 0 Å². The average molecular weight is 138 g/mol. The molecule has 0 unspecified atom stereocenters. The normalized spacial score (nSPS) is 10.9. The molecule has 1 aromatic rings. The second-order valence-corrected chi connectivity index (χ2v) is 1.82. The Kier molecular flexibility index (Phi) is 2.63. The second kappa shape index (κ2) is 3.79. The Morgan fingerprint density at radius 3 is 3.00 bits per heavy atom. The van der Waals surface area contributed by atoms with Gasteiger partial charge in [-0.1, -0.05) is 12.2 Å². The maximum atomic E-state index is 5.24. The molecule has 0 saturated carbocycles. The quantitative estimate of drug-likeness (QED) is 0.588. The van der Waals surface area contributed by atoms with E-state index in [-0.39, 0.29) is 0 Å². The summed E-state index contributed by atoms with van der Waals surface area (Å²) in [5, 5.41) is 3.90. The van der Waals surface area contributed by atoms with E-state index in [1.54, 1.807) is 11.0 Å². The molecule has 1 heterocycles. The molecular formula is C6H10N4. The molecule has 0 spiro atoms. The lowest BCUT2D eigenvalue weighted by Gasteiger charge is -1.90. The van der Waals surface area contributed by atoms with Crippen molar-refractivity contribution in [3.8, 4) is 0 Å². The van der Waals surface area contributed by atoms with Crippen molar-refractivity contribution in [1.82, 2.24) is 14.8 Å². The molecule has 0 fully saturated rings. The van der Waals surface area contributed by atoms with Crippen molar-refractivity contribution < 1.29 is 0 Å². The topological polar surface area (TPSA) is 56.7 Å². The van der Waals surface area contributed by atoms with Crippen LogP contribution in [0.25, 0.3) is 0 Å². The summed E-state index contributed by atoms with van der Waals surface area (Å²) >= 11 is 0. The Labute approximate surface area is 59.4 Å². The standard InChI is InChI=1S/C6H10N4/c7-3-1-2-4-10-6-8-5-9-10/h1-2,5-6H,3-4,7H2. The summed E-state index contributed by atoms with van der Waals surface area (Å²) in [7, 11) is 0. The predicted molar refractivity (Wildman–Crippen MR) is 38.2 cm³/mol. The molecule has 0 atom stereocenters. The number of allylic oxidation sites excluding steroid dienone is 1. The summed E-state index contributed by atoms with van der Waals surface area (Å²) in [6.45, 7) is 1.33. The van der Waals surface area contributed by atoms with E-state index in [4.69, 9.17) is 5.73 Å². The van der Waals surface area contributed by atoms with Gasteiger partial charge in [0.1, 0.15) is 12.7 Å². The van der Waals surface area contributed by atoms with E-state index in [2.05, 4.69) is 10.1 Å². The second-order valence-electron chi connectivity index (χ2n) is 1.82. The summed E-state index contributed by atoms with van der Waals surface area (Å²) in [6, 6.07) is 0. The van der Waals surface area contributed by atoms with Crippen molar-refractivity contribution >= 4 is 0 Å². The first-order valence-electron chi connectivity index (χ1n) is 3.11. The Balaban J connectivity index is 2.34. The van der Waals surface area contributed by atoms with Crippen LogP contribution in [0, 0.1) is 0 Å². The summed E-state index contributed by atoms with van der Waals surface area (Å²) in [6.07, 6.45) is 7.02. The minimum Gasteiger partial charge on any atom is -0.327 e. The van der Waals surface area contributed by atoms with Gasteiger partial charge in [0.05, 0.1) is 6.54 Å². The number of nitrogens with zero attached hydrogens (tertiary/aromatic N) is 3. The van der Waals surface area contributed by atoms with E-state index < -0.39 is 0 Å².